The predicted octanol–water partition coefficient (Wildman–Crippen LogP) is 4.53. The van der Waals surface area contributed by atoms with E-state index in [1.807, 2.05) is 20.8 Å². The molecule has 0 aliphatic heterocycles. The maximum Gasteiger partial charge on any atom is 0.227 e. The van der Waals surface area contributed by atoms with Crippen LogP contribution in [0.15, 0.2) is 18.2 Å². The molecule has 21 heavy (non-hydrogen) atoms. The van der Waals surface area contributed by atoms with Crippen molar-refractivity contribution in [2.75, 3.05) is 12.4 Å². The van der Waals surface area contributed by atoms with E-state index in [-0.39, 0.29) is 16.7 Å². The van der Waals surface area contributed by atoms with E-state index >= 15 is 0 Å². The molecular formula is C15H17ClFN3O. The summed E-state index contributed by atoms with van der Waals surface area (Å²) in [6.07, 6.45) is 0. The standard InChI is InChI=1S/C15H17ClFN3O/c1-8(2)13-19-14(18-4)9(3)15(20-13)21-11-7-5-6-10(16)12(11)17/h5-8H,1-4H3,(H,18,19,20). The second-order valence-electron chi connectivity index (χ2n) is 4.92. The van der Waals surface area contributed by atoms with Crippen LogP contribution in [0.2, 0.25) is 5.02 Å². The van der Waals surface area contributed by atoms with E-state index in [1.165, 1.54) is 12.1 Å². The Morgan fingerprint density at radius 2 is 2.00 bits per heavy atom. The second kappa shape index (κ2) is 6.26. The smallest absolute Gasteiger partial charge is 0.227 e. The fourth-order valence-electron chi connectivity index (χ4n) is 1.78. The number of aromatic nitrogens is 2. The molecule has 0 saturated carbocycles. The number of nitrogens with zero attached hydrogens (tertiary/aromatic N) is 2. The number of ether oxygens (including phenoxy) is 1. The van der Waals surface area contributed by atoms with Gasteiger partial charge in [0.15, 0.2) is 11.6 Å². The first-order chi connectivity index (χ1) is 9.93. The van der Waals surface area contributed by atoms with Crippen LogP contribution in [0.25, 0.3) is 0 Å². The van der Waals surface area contributed by atoms with Crippen molar-refractivity contribution in [2.45, 2.75) is 26.7 Å². The fourth-order valence-corrected chi connectivity index (χ4v) is 1.95. The zero-order chi connectivity index (χ0) is 15.6. The van der Waals surface area contributed by atoms with E-state index in [0.29, 0.717) is 23.1 Å². The van der Waals surface area contributed by atoms with Crippen LogP contribution in [-0.4, -0.2) is 17.0 Å². The minimum absolute atomic E-state index is 0.0112. The molecule has 6 heteroatoms. The Bertz CT molecular complexity index is 662. The lowest BCUT2D eigenvalue weighted by atomic mass is 10.2. The van der Waals surface area contributed by atoms with Crippen LogP contribution >= 0.6 is 11.6 Å². The molecule has 0 fully saturated rings. The quantitative estimate of drug-likeness (QED) is 0.901. The van der Waals surface area contributed by atoms with E-state index in [9.17, 15) is 4.39 Å². The van der Waals surface area contributed by atoms with Gasteiger partial charge in [0.2, 0.25) is 5.88 Å². The number of anilines is 1. The molecule has 1 heterocycles. The van der Waals surface area contributed by atoms with Crippen LogP contribution in [-0.2, 0) is 0 Å². The van der Waals surface area contributed by atoms with Gasteiger partial charge in [0.1, 0.15) is 11.6 Å². The molecule has 4 nitrogen and oxygen atoms in total. The molecule has 112 valence electrons. The zero-order valence-electron chi connectivity index (χ0n) is 12.4. The predicted molar refractivity (Wildman–Crippen MR) is 81.9 cm³/mol. The van der Waals surface area contributed by atoms with Gasteiger partial charge in [0, 0.05) is 13.0 Å². The highest BCUT2D eigenvalue weighted by Crippen LogP contribution is 2.32. The Morgan fingerprint density at radius 3 is 2.62 bits per heavy atom. The number of halogens is 2. The first kappa shape index (κ1) is 15.5. The lowest BCUT2D eigenvalue weighted by Crippen LogP contribution is -2.07. The van der Waals surface area contributed by atoms with Crippen molar-refractivity contribution in [3.8, 4) is 11.6 Å². The molecule has 0 amide bonds. The van der Waals surface area contributed by atoms with Gasteiger partial charge in [-0.25, -0.2) is 9.37 Å². The molecule has 0 radical (unpaired) electrons. The zero-order valence-corrected chi connectivity index (χ0v) is 13.1. The lowest BCUT2D eigenvalue weighted by molar-refractivity contribution is 0.421. The van der Waals surface area contributed by atoms with E-state index in [4.69, 9.17) is 16.3 Å². The van der Waals surface area contributed by atoms with Crippen LogP contribution in [0, 0.1) is 12.7 Å². The van der Waals surface area contributed by atoms with Gasteiger partial charge < -0.3 is 10.1 Å². The Balaban J connectivity index is 2.48. The molecular weight excluding hydrogens is 293 g/mol. The van der Waals surface area contributed by atoms with E-state index in [2.05, 4.69) is 15.3 Å². The Kier molecular flexibility index (Phi) is 4.63. The topological polar surface area (TPSA) is 47.0 Å². The number of nitrogens with one attached hydrogen (secondary N) is 1. The highest BCUT2D eigenvalue weighted by Gasteiger charge is 2.16. The molecule has 0 atom stereocenters. The van der Waals surface area contributed by atoms with Gasteiger partial charge in [0.25, 0.3) is 0 Å². The van der Waals surface area contributed by atoms with E-state index in [0.717, 1.165) is 0 Å². The second-order valence-corrected chi connectivity index (χ2v) is 5.33. The van der Waals surface area contributed by atoms with Crippen molar-refractivity contribution < 1.29 is 9.13 Å². The van der Waals surface area contributed by atoms with Crippen LogP contribution < -0.4 is 10.1 Å². The van der Waals surface area contributed by atoms with Crippen molar-refractivity contribution >= 4 is 17.4 Å². The third kappa shape index (κ3) is 3.24. The molecule has 1 aromatic carbocycles. The summed E-state index contributed by atoms with van der Waals surface area (Å²) in [4.78, 5) is 8.77. The monoisotopic (exact) mass is 309 g/mol. The van der Waals surface area contributed by atoms with Gasteiger partial charge in [-0.1, -0.05) is 31.5 Å². The van der Waals surface area contributed by atoms with Gasteiger partial charge in [-0.3, -0.25) is 0 Å². The molecule has 1 aromatic heterocycles. The van der Waals surface area contributed by atoms with Crippen molar-refractivity contribution in [1.29, 1.82) is 0 Å². The van der Waals surface area contributed by atoms with Crippen LogP contribution in [0.3, 0.4) is 0 Å². The molecule has 2 aromatic rings. The maximum atomic E-state index is 13.9. The minimum Gasteiger partial charge on any atom is -0.435 e. The highest BCUT2D eigenvalue weighted by atomic mass is 35.5. The molecule has 2 rings (SSSR count). The first-order valence-electron chi connectivity index (χ1n) is 6.62. The average Bonchev–Trinajstić information content (AvgIpc) is 2.45. The van der Waals surface area contributed by atoms with Crippen molar-refractivity contribution in [3.05, 3.63) is 40.4 Å². The van der Waals surface area contributed by atoms with Crippen molar-refractivity contribution in [3.63, 3.8) is 0 Å². The Morgan fingerprint density at radius 1 is 1.29 bits per heavy atom. The third-order valence-electron chi connectivity index (χ3n) is 2.99. The van der Waals surface area contributed by atoms with Crippen LogP contribution in [0.4, 0.5) is 10.2 Å². The summed E-state index contributed by atoms with van der Waals surface area (Å²) >= 11 is 5.76. The third-order valence-corrected chi connectivity index (χ3v) is 3.29. The average molecular weight is 310 g/mol. The van der Waals surface area contributed by atoms with Crippen LogP contribution in [0.1, 0.15) is 31.2 Å². The summed E-state index contributed by atoms with van der Waals surface area (Å²) in [5.41, 5.74) is 0.710. The molecule has 0 aliphatic rings. The van der Waals surface area contributed by atoms with Gasteiger partial charge >= 0.3 is 0 Å². The lowest BCUT2D eigenvalue weighted by Gasteiger charge is -2.14. The van der Waals surface area contributed by atoms with Gasteiger partial charge in [-0.2, -0.15) is 4.98 Å². The van der Waals surface area contributed by atoms with Crippen molar-refractivity contribution in [1.82, 2.24) is 9.97 Å². The van der Waals surface area contributed by atoms with Gasteiger partial charge in [0.05, 0.1) is 10.6 Å². The number of rotatable bonds is 4. The van der Waals surface area contributed by atoms with Crippen LogP contribution in [0.5, 0.6) is 11.6 Å². The summed E-state index contributed by atoms with van der Waals surface area (Å²) in [5, 5.41) is 3.00. The summed E-state index contributed by atoms with van der Waals surface area (Å²) < 4.78 is 19.5. The number of benzene rings is 1. The fraction of sp³-hybridized carbons (Fsp3) is 0.333. The maximum absolute atomic E-state index is 13.9. The SMILES string of the molecule is CNc1nc(C(C)C)nc(Oc2cccc(Cl)c2F)c1C. The molecule has 0 bridgehead atoms. The summed E-state index contributed by atoms with van der Waals surface area (Å²) in [5.74, 6) is 1.17. The van der Waals surface area contributed by atoms with Gasteiger partial charge in [-0.15, -0.1) is 0 Å². The van der Waals surface area contributed by atoms with Gasteiger partial charge in [-0.05, 0) is 19.1 Å². The first-order valence-corrected chi connectivity index (χ1v) is 7.00. The molecule has 1 N–H and O–H groups in total. The van der Waals surface area contributed by atoms with E-state index in [1.54, 1.807) is 13.1 Å². The molecule has 0 aliphatic carbocycles. The molecule has 0 spiro atoms. The largest absolute Gasteiger partial charge is 0.435 e. The highest BCUT2D eigenvalue weighted by molar-refractivity contribution is 6.30. The molecule has 0 unspecified atom stereocenters. The molecule has 0 saturated heterocycles. The summed E-state index contributed by atoms with van der Waals surface area (Å²) in [7, 11) is 1.77. The minimum atomic E-state index is -0.603. The summed E-state index contributed by atoms with van der Waals surface area (Å²) in [6, 6.07) is 4.60. The number of hydrogen-bond donors (Lipinski definition) is 1. The Labute approximate surface area is 128 Å². The van der Waals surface area contributed by atoms with Crippen molar-refractivity contribution in [2.24, 2.45) is 0 Å². The number of hydrogen-bond acceptors (Lipinski definition) is 4. The van der Waals surface area contributed by atoms with E-state index < -0.39 is 5.82 Å². The normalized spacial score (nSPS) is 10.8. The Hall–Kier alpha value is -1.88. The summed E-state index contributed by atoms with van der Waals surface area (Å²) in [6.45, 7) is 5.77.